The standard InChI is InChI=1S/C10H24N2/c1-5-6-7-8-12(4)10(2)9-11-3/h10-11H,5-9H2,1-4H3. The van der Waals surface area contributed by atoms with Gasteiger partial charge in [-0.2, -0.15) is 0 Å². The van der Waals surface area contributed by atoms with Crippen LogP contribution in [0.4, 0.5) is 0 Å². The van der Waals surface area contributed by atoms with Crippen LogP contribution in [0.2, 0.25) is 0 Å². The van der Waals surface area contributed by atoms with Crippen LogP contribution >= 0.6 is 0 Å². The van der Waals surface area contributed by atoms with Crippen molar-refractivity contribution in [3.63, 3.8) is 0 Å². The van der Waals surface area contributed by atoms with Crippen LogP contribution in [0.3, 0.4) is 0 Å². The molecule has 0 rings (SSSR count). The summed E-state index contributed by atoms with van der Waals surface area (Å²) in [5, 5.41) is 3.20. The molecular weight excluding hydrogens is 148 g/mol. The van der Waals surface area contributed by atoms with Gasteiger partial charge in [0.2, 0.25) is 0 Å². The van der Waals surface area contributed by atoms with E-state index in [9.17, 15) is 0 Å². The average Bonchev–Trinajstić information content (AvgIpc) is 2.05. The van der Waals surface area contributed by atoms with Gasteiger partial charge in [-0.05, 0) is 34.0 Å². The van der Waals surface area contributed by atoms with E-state index in [0.29, 0.717) is 6.04 Å². The normalized spacial score (nSPS) is 13.8. The van der Waals surface area contributed by atoms with Crippen molar-refractivity contribution in [2.75, 3.05) is 27.2 Å². The molecule has 0 fully saturated rings. The quantitative estimate of drug-likeness (QED) is 0.588. The number of hydrogen-bond donors (Lipinski definition) is 1. The third-order valence-corrected chi connectivity index (χ3v) is 2.37. The molecule has 0 aromatic carbocycles. The van der Waals surface area contributed by atoms with Crippen molar-refractivity contribution in [3.8, 4) is 0 Å². The van der Waals surface area contributed by atoms with Gasteiger partial charge >= 0.3 is 0 Å². The molecule has 12 heavy (non-hydrogen) atoms. The van der Waals surface area contributed by atoms with Gasteiger partial charge in [0.15, 0.2) is 0 Å². The van der Waals surface area contributed by atoms with E-state index in [0.717, 1.165) is 6.54 Å². The Morgan fingerprint density at radius 3 is 2.50 bits per heavy atom. The molecule has 0 aromatic heterocycles. The minimum absolute atomic E-state index is 0.659. The minimum Gasteiger partial charge on any atom is -0.318 e. The maximum atomic E-state index is 3.20. The average molecular weight is 172 g/mol. The van der Waals surface area contributed by atoms with Crippen LogP contribution in [-0.4, -0.2) is 38.1 Å². The summed E-state index contributed by atoms with van der Waals surface area (Å²) in [5.74, 6) is 0. The van der Waals surface area contributed by atoms with Crippen molar-refractivity contribution in [2.45, 2.75) is 39.2 Å². The summed E-state index contributed by atoms with van der Waals surface area (Å²) >= 11 is 0. The number of rotatable bonds is 7. The molecule has 74 valence electrons. The Balaban J connectivity index is 3.35. The lowest BCUT2D eigenvalue weighted by molar-refractivity contribution is 0.249. The predicted octanol–water partition coefficient (Wildman–Crippen LogP) is 1.72. The van der Waals surface area contributed by atoms with E-state index in [1.54, 1.807) is 0 Å². The lowest BCUT2D eigenvalue weighted by atomic mass is 10.2. The number of nitrogens with zero attached hydrogens (tertiary/aromatic N) is 1. The second-order valence-electron chi connectivity index (χ2n) is 3.59. The molecule has 0 spiro atoms. The van der Waals surface area contributed by atoms with Gasteiger partial charge in [0.1, 0.15) is 0 Å². The third kappa shape index (κ3) is 5.56. The Labute approximate surface area is 77.3 Å². The molecule has 1 atom stereocenters. The highest BCUT2D eigenvalue weighted by atomic mass is 15.1. The van der Waals surface area contributed by atoms with Crippen LogP contribution in [0.5, 0.6) is 0 Å². The second kappa shape index (κ2) is 7.56. The van der Waals surface area contributed by atoms with Gasteiger partial charge < -0.3 is 10.2 Å². The highest BCUT2D eigenvalue weighted by molar-refractivity contribution is 4.64. The van der Waals surface area contributed by atoms with Gasteiger partial charge in [0.05, 0.1) is 0 Å². The second-order valence-corrected chi connectivity index (χ2v) is 3.59. The Morgan fingerprint density at radius 1 is 1.33 bits per heavy atom. The fourth-order valence-electron chi connectivity index (χ4n) is 1.28. The molecule has 0 bridgehead atoms. The summed E-state index contributed by atoms with van der Waals surface area (Å²) in [6.45, 7) is 6.83. The molecule has 0 amide bonds. The molecule has 0 aliphatic carbocycles. The Kier molecular flexibility index (Phi) is 7.51. The zero-order valence-electron chi connectivity index (χ0n) is 9.06. The first kappa shape index (κ1) is 11.9. The molecular formula is C10H24N2. The van der Waals surface area contributed by atoms with Crippen LogP contribution in [0.25, 0.3) is 0 Å². The van der Waals surface area contributed by atoms with Gasteiger partial charge in [0, 0.05) is 12.6 Å². The zero-order valence-corrected chi connectivity index (χ0v) is 9.06. The maximum absolute atomic E-state index is 3.20. The fraction of sp³-hybridized carbons (Fsp3) is 1.00. The number of likely N-dealkylation sites (N-methyl/N-ethyl adjacent to an activating group) is 2. The predicted molar refractivity (Wildman–Crippen MR) is 55.5 cm³/mol. The van der Waals surface area contributed by atoms with Gasteiger partial charge in [0.25, 0.3) is 0 Å². The first-order valence-electron chi connectivity index (χ1n) is 5.07. The monoisotopic (exact) mass is 172 g/mol. The van der Waals surface area contributed by atoms with Crippen molar-refractivity contribution in [1.29, 1.82) is 0 Å². The van der Waals surface area contributed by atoms with E-state index in [1.165, 1.54) is 25.8 Å². The smallest absolute Gasteiger partial charge is 0.0189 e. The van der Waals surface area contributed by atoms with Crippen LogP contribution in [0, 0.1) is 0 Å². The molecule has 0 saturated heterocycles. The Hall–Kier alpha value is -0.0800. The van der Waals surface area contributed by atoms with Crippen LogP contribution in [0.1, 0.15) is 33.1 Å². The van der Waals surface area contributed by atoms with Gasteiger partial charge in [-0.25, -0.2) is 0 Å². The molecule has 0 radical (unpaired) electrons. The van der Waals surface area contributed by atoms with E-state index < -0.39 is 0 Å². The summed E-state index contributed by atoms with van der Waals surface area (Å²) < 4.78 is 0. The van der Waals surface area contributed by atoms with Crippen LogP contribution in [0.15, 0.2) is 0 Å². The Morgan fingerprint density at radius 2 is 2.00 bits per heavy atom. The lowest BCUT2D eigenvalue weighted by Gasteiger charge is -2.24. The molecule has 0 heterocycles. The molecule has 0 aliphatic rings. The SMILES string of the molecule is CCCCCN(C)C(C)CNC. The van der Waals surface area contributed by atoms with Crippen molar-refractivity contribution in [1.82, 2.24) is 10.2 Å². The summed E-state index contributed by atoms with van der Waals surface area (Å²) in [7, 11) is 4.22. The number of nitrogens with one attached hydrogen (secondary N) is 1. The van der Waals surface area contributed by atoms with Crippen molar-refractivity contribution < 1.29 is 0 Å². The first-order chi connectivity index (χ1) is 5.72. The maximum Gasteiger partial charge on any atom is 0.0189 e. The van der Waals surface area contributed by atoms with Crippen molar-refractivity contribution in [2.24, 2.45) is 0 Å². The molecule has 0 aromatic rings. The fourth-order valence-corrected chi connectivity index (χ4v) is 1.28. The van der Waals surface area contributed by atoms with E-state index in [2.05, 4.69) is 31.1 Å². The Bertz CT molecular complexity index is 93.8. The third-order valence-electron chi connectivity index (χ3n) is 2.37. The highest BCUT2D eigenvalue weighted by Crippen LogP contribution is 1.99. The van der Waals surface area contributed by atoms with Gasteiger partial charge in [-0.1, -0.05) is 19.8 Å². The zero-order chi connectivity index (χ0) is 9.40. The first-order valence-corrected chi connectivity index (χ1v) is 5.07. The summed E-state index contributed by atoms with van der Waals surface area (Å²) in [6.07, 6.45) is 4.01. The van der Waals surface area contributed by atoms with Crippen LogP contribution < -0.4 is 5.32 Å². The molecule has 2 heteroatoms. The minimum atomic E-state index is 0.659. The topological polar surface area (TPSA) is 15.3 Å². The summed E-state index contributed by atoms with van der Waals surface area (Å²) in [5.41, 5.74) is 0. The lowest BCUT2D eigenvalue weighted by Crippen LogP contribution is -2.37. The van der Waals surface area contributed by atoms with Crippen molar-refractivity contribution >= 4 is 0 Å². The summed E-state index contributed by atoms with van der Waals surface area (Å²) in [4.78, 5) is 2.42. The van der Waals surface area contributed by atoms with Crippen LogP contribution in [-0.2, 0) is 0 Å². The number of hydrogen-bond acceptors (Lipinski definition) is 2. The number of unbranched alkanes of at least 4 members (excludes halogenated alkanes) is 2. The van der Waals surface area contributed by atoms with E-state index >= 15 is 0 Å². The molecule has 1 unspecified atom stereocenters. The molecule has 0 saturated carbocycles. The van der Waals surface area contributed by atoms with E-state index in [4.69, 9.17) is 0 Å². The van der Waals surface area contributed by atoms with Gasteiger partial charge in [-0.3, -0.25) is 0 Å². The molecule has 1 N–H and O–H groups in total. The highest BCUT2D eigenvalue weighted by Gasteiger charge is 2.06. The van der Waals surface area contributed by atoms with Gasteiger partial charge in [-0.15, -0.1) is 0 Å². The molecule has 0 aliphatic heterocycles. The summed E-state index contributed by atoms with van der Waals surface area (Å²) in [6, 6.07) is 0.659. The van der Waals surface area contributed by atoms with Crippen molar-refractivity contribution in [3.05, 3.63) is 0 Å². The van der Waals surface area contributed by atoms with E-state index in [1.807, 2.05) is 7.05 Å². The molecule has 2 nitrogen and oxygen atoms in total. The largest absolute Gasteiger partial charge is 0.318 e. The van der Waals surface area contributed by atoms with E-state index in [-0.39, 0.29) is 0 Å².